The molecule has 5 aliphatic carbocycles. The molecule has 5 aliphatic heterocycles. The van der Waals surface area contributed by atoms with Crippen LogP contribution in [0.2, 0.25) is 0 Å². The maximum atomic E-state index is 12.6. The summed E-state index contributed by atoms with van der Waals surface area (Å²) in [5.41, 5.74) is -2.77. The Kier molecular flexibility index (Phi) is 15.9. The zero-order chi connectivity index (χ0) is 55.9. The summed E-state index contributed by atoms with van der Waals surface area (Å²) < 4.78 is 62.2. The minimum Gasteiger partial charge on any atom is -0.462 e. The molecule has 23 heteroatoms. The van der Waals surface area contributed by atoms with Crippen LogP contribution in [0.4, 0.5) is 0 Å². The molecule has 0 unspecified atom stereocenters. The summed E-state index contributed by atoms with van der Waals surface area (Å²) in [7, 11) is 0. The zero-order valence-corrected chi connectivity index (χ0v) is 45.6. The maximum absolute atomic E-state index is 12.6. The molecule has 2 bridgehead atoms. The minimum atomic E-state index is -1.89. The Morgan fingerprint density at radius 2 is 1.17 bits per heavy atom. The van der Waals surface area contributed by atoms with Crippen LogP contribution in [0.1, 0.15) is 113 Å². The highest BCUT2D eigenvalue weighted by atomic mass is 16.8. The van der Waals surface area contributed by atoms with E-state index < -0.39 is 177 Å². The average molecular weight is 1110 g/mol. The maximum Gasteiger partial charge on any atom is 0.302 e. The lowest BCUT2D eigenvalue weighted by molar-refractivity contribution is -0.392. The van der Waals surface area contributed by atoms with E-state index in [1.165, 1.54) is 6.92 Å². The topological polar surface area (TPSA) is 352 Å². The Hall–Kier alpha value is -1.37. The Bertz CT molecular complexity index is 2120. The first kappa shape index (κ1) is 58.8. The summed E-state index contributed by atoms with van der Waals surface area (Å²) in [6, 6.07) is 0. The summed E-state index contributed by atoms with van der Waals surface area (Å²) >= 11 is 0. The molecular weight excluding hydrogens is 1020 g/mol. The van der Waals surface area contributed by atoms with Gasteiger partial charge in [0.25, 0.3) is 0 Å². The van der Waals surface area contributed by atoms with E-state index in [-0.39, 0.29) is 40.0 Å². The predicted molar refractivity (Wildman–Crippen MR) is 261 cm³/mol. The van der Waals surface area contributed by atoms with Crippen molar-refractivity contribution in [2.24, 2.45) is 50.2 Å². The highest BCUT2D eigenvalue weighted by molar-refractivity contribution is 5.66. The van der Waals surface area contributed by atoms with Crippen LogP contribution in [0.25, 0.3) is 0 Å². The minimum absolute atomic E-state index is 0.00682. The Morgan fingerprint density at radius 1 is 0.558 bits per heavy atom. The fourth-order valence-corrected chi connectivity index (χ4v) is 17.9. The summed E-state index contributed by atoms with van der Waals surface area (Å²) in [5, 5.41) is 131. The normalized spacial score (nSPS) is 56.0. The third-order valence-corrected chi connectivity index (χ3v) is 22.1. The smallest absolute Gasteiger partial charge is 0.302 e. The summed E-state index contributed by atoms with van der Waals surface area (Å²) in [5.74, 6) is -0.0198. The highest BCUT2D eigenvalue weighted by Crippen LogP contribution is 2.81. The van der Waals surface area contributed by atoms with Crippen LogP contribution >= 0.6 is 0 Å². The van der Waals surface area contributed by atoms with Crippen LogP contribution in [0.15, 0.2) is 0 Å². The van der Waals surface area contributed by atoms with Crippen LogP contribution in [0.5, 0.6) is 0 Å². The molecule has 0 aromatic rings. The first-order chi connectivity index (χ1) is 36.1. The number of carbonyl (C=O) groups is 1. The van der Waals surface area contributed by atoms with Gasteiger partial charge in [-0.15, -0.1) is 0 Å². The molecule has 77 heavy (non-hydrogen) atoms. The second-order valence-corrected chi connectivity index (χ2v) is 26.9. The number of esters is 1. The van der Waals surface area contributed by atoms with Gasteiger partial charge >= 0.3 is 5.97 Å². The van der Waals surface area contributed by atoms with Gasteiger partial charge in [-0.25, -0.2) is 0 Å². The van der Waals surface area contributed by atoms with E-state index in [0.29, 0.717) is 25.9 Å². The second-order valence-electron chi connectivity index (χ2n) is 26.9. The van der Waals surface area contributed by atoms with Gasteiger partial charge in [0.05, 0.1) is 56.3 Å². The molecule has 23 nitrogen and oxygen atoms in total. The molecule has 5 heterocycles. The second kappa shape index (κ2) is 20.8. The third-order valence-electron chi connectivity index (χ3n) is 22.1. The van der Waals surface area contributed by atoms with E-state index in [0.717, 1.165) is 38.5 Å². The Balaban J connectivity index is 0.903. The number of hydrogen-bond donors (Lipinski definition) is 12. The van der Waals surface area contributed by atoms with Gasteiger partial charge in [0.1, 0.15) is 91.6 Å². The molecule has 12 N–H and O–H groups in total. The third kappa shape index (κ3) is 9.04. The van der Waals surface area contributed by atoms with Crippen LogP contribution in [0, 0.1) is 50.2 Å². The zero-order valence-electron chi connectivity index (χ0n) is 45.6. The van der Waals surface area contributed by atoms with Gasteiger partial charge in [-0.2, -0.15) is 0 Å². The summed E-state index contributed by atoms with van der Waals surface area (Å²) in [6.07, 6.45) is -25.0. The number of aliphatic hydroxyl groups is 12. The number of aliphatic hydroxyl groups excluding tert-OH is 12. The number of ether oxygens (including phenoxy) is 10. The van der Waals surface area contributed by atoms with Gasteiger partial charge in [-0.05, 0) is 91.3 Å². The quantitative estimate of drug-likeness (QED) is 0.0825. The van der Waals surface area contributed by atoms with Crippen molar-refractivity contribution in [3.63, 3.8) is 0 Å². The molecule has 0 amide bonds. The molecule has 1 spiro atoms. The van der Waals surface area contributed by atoms with Gasteiger partial charge in [-0.1, -0.05) is 48.5 Å². The van der Waals surface area contributed by atoms with Crippen molar-refractivity contribution in [3.8, 4) is 0 Å². The number of rotatable bonds is 11. The molecule has 10 fully saturated rings. The van der Waals surface area contributed by atoms with Crippen molar-refractivity contribution < 1.29 is 113 Å². The fraction of sp³-hybridized carbons (Fsp3) is 0.981. The number of fused-ring (bicyclic) bond motifs is 4. The van der Waals surface area contributed by atoms with Crippen molar-refractivity contribution >= 4 is 5.97 Å². The van der Waals surface area contributed by atoms with Gasteiger partial charge in [-0.3, -0.25) is 4.79 Å². The molecule has 0 aromatic heterocycles. The van der Waals surface area contributed by atoms with E-state index in [1.54, 1.807) is 0 Å². The summed E-state index contributed by atoms with van der Waals surface area (Å²) in [4.78, 5) is 12.6. The van der Waals surface area contributed by atoms with Crippen molar-refractivity contribution in [2.75, 3.05) is 33.0 Å². The SMILES string of the molecule is CC(=O)O[C@H]1CC(C)(C)C[C@@H]2[C@]13CO[C@@]21CC[C@@H]2[C@@]4(C)CC[C@H](O[C@@H]5OC[C@H](O[C@@H]6O[C@H](CO)[C@@H](O)[C@H](O)[C@H]6O[C@@H]6OC[C@@H](O)[C@H](O)[C@H]6O)[C@H](O)[C@H]5O[C@@H]5O[C@H](CO)[C@@H](O)[C@H](O)[C@H]5O)C(C)(C)[C@@H]4CC[C@@]2(C)[C@]1(C)C[C@H]3O. The molecule has 10 aliphatic rings. The van der Waals surface area contributed by atoms with E-state index in [9.17, 15) is 66.1 Å². The van der Waals surface area contributed by atoms with Crippen LogP contribution < -0.4 is 0 Å². The van der Waals surface area contributed by atoms with Gasteiger partial charge in [0.15, 0.2) is 25.2 Å². The number of carbonyl (C=O) groups excluding carboxylic acids is 1. The lowest BCUT2D eigenvalue weighted by atomic mass is 9.30. The first-order valence-electron chi connectivity index (χ1n) is 28.1. The highest BCUT2D eigenvalue weighted by Gasteiger charge is 2.82. The van der Waals surface area contributed by atoms with E-state index >= 15 is 0 Å². The standard InChI is InChI=1S/C54H88O23/c1-23(57)71-33-17-48(2,3)15-30-53(33)22-70-54(30)14-10-29-50(6)12-11-32(49(4,5)28(50)9-13-51(29,7)52(54,8)16-31(53)59)75-46-42(77-45-41(67)38(64)35(61)25(18-55)72-45)37(63)27(21-69-46)74-47-43(39(65)36(62)26(19-56)73-47)76-44-40(66)34(60)24(58)20-68-44/h24-47,55-56,58-67H,9-22H2,1-8H3/t24-,25-,26-,27+,28+,29-,30-,31-,32+,33+,34+,35-,36-,37+,38+,39+,40-,41-,42-,43-,44+,45+,46+,47+,50+,51-,52+,53+,54+/m1/s1. The molecular formula is C54H88O23. The van der Waals surface area contributed by atoms with Crippen LogP contribution in [0.3, 0.4) is 0 Å². The molecule has 29 atom stereocenters. The first-order valence-corrected chi connectivity index (χ1v) is 28.1. The van der Waals surface area contributed by atoms with Crippen molar-refractivity contribution in [2.45, 2.75) is 248 Å². The van der Waals surface area contributed by atoms with E-state index in [1.807, 2.05) is 0 Å². The summed E-state index contributed by atoms with van der Waals surface area (Å²) in [6.45, 7) is 15.3. The van der Waals surface area contributed by atoms with Crippen molar-refractivity contribution in [1.29, 1.82) is 0 Å². The molecule has 5 saturated carbocycles. The van der Waals surface area contributed by atoms with Gasteiger partial charge in [0, 0.05) is 18.3 Å². The van der Waals surface area contributed by atoms with E-state index in [4.69, 9.17) is 47.4 Å². The van der Waals surface area contributed by atoms with E-state index in [2.05, 4.69) is 48.5 Å². The number of hydrogen-bond acceptors (Lipinski definition) is 23. The fourth-order valence-electron chi connectivity index (χ4n) is 17.9. The molecule has 442 valence electrons. The van der Waals surface area contributed by atoms with Crippen molar-refractivity contribution in [3.05, 3.63) is 0 Å². The molecule has 0 radical (unpaired) electrons. The van der Waals surface area contributed by atoms with Crippen LogP contribution in [-0.2, 0) is 52.2 Å². The van der Waals surface area contributed by atoms with Gasteiger partial charge in [0.2, 0.25) is 0 Å². The van der Waals surface area contributed by atoms with Gasteiger partial charge < -0.3 is 109 Å². The molecule has 0 aromatic carbocycles. The monoisotopic (exact) mass is 1100 g/mol. The lowest BCUT2D eigenvalue weighted by Gasteiger charge is -2.75. The Morgan fingerprint density at radius 3 is 1.84 bits per heavy atom. The predicted octanol–water partition coefficient (Wildman–Crippen LogP) is -1.53. The largest absolute Gasteiger partial charge is 0.462 e. The van der Waals surface area contributed by atoms with Crippen molar-refractivity contribution in [1.82, 2.24) is 0 Å². The molecule has 5 saturated heterocycles. The lowest BCUT2D eigenvalue weighted by Crippen LogP contribution is -2.75. The van der Waals surface area contributed by atoms with Crippen LogP contribution in [-0.4, -0.2) is 235 Å². The Labute approximate surface area is 449 Å². The average Bonchev–Trinajstić information content (AvgIpc) is 3.66. The molecule has 10 rings (SSSR count).